The summed E-state index contributed by atoms with van der Waals surface area (Å²) in [5.74, 6) is 0.0495. The molecule has 1 amide bonds. The summed E-state index contributed by atoms with van der Waals surface area (Å²) in [7, 11) is 0. The van der Waals surface area contributed by atoms with E-state index in [9.17, 15) is 4.79 Å². The molecule has 3 nitrogen and oxygen atoms in total. The van der Waals surface area contributed by atoms with Crippen molar-refractivity contribution in [2.45, 2.75) is 52.6 Å². The number of carbonyl (C=O) groups is 1. The molecular formula is C23H32N2O. The molecule has 3 heteroatoms. The summed E-state index contributed by atoms with van der Waals surface area (Å²) in [5.41, 5.74) is 3.56. The smallest absolute Gasteiger partial charge is 0.227 e. The number of carbonyl (C=O) groups excluding carboxylic acids is 1. The van der Waals surface area contributed by atoms with Crippen molar-refractivity contribution in [1.82, 2.24) is 10.2 Å². The van der Waals surface area contributed by atoms with Crippen molar-refractivity contribution in [3.05, 3.63) is 71.3 Å². The van der Waals surface area contributed by atoms with Crippen molar-refractivity contribution < 1.29 is 4.79 Å². The van der Waals surface area contributed by atoms with Crippen LogP contribution in [0.4, 0.5) is 0 Å². The maximum atomic E-state index is 12.7. The molecule has 2 aromatic carbocycles. The fraction of sp³-hybridized carbons (Fsp3) is 0.435. The maximum Gasteiger partial charge on any atom is 0.227 e. The molecule has 0 aliphatic rings. The van der Waals surface area contributed by atoms with E-state index < -0.39 is 0 Å². The van der Waals surface area contributed by atoms with E-state index in [1.165, 1.54) is 5.56 Å². The summed E-state index contributed by atoms with van der Waals surface area (Å²) in [4.78, 5) is 15.1. The van der Waals surface area contributed by atoms with Gasteiger partial charge in [-0.05, 0) is 36.2 Å². The van der Waals surface area contributed by atoms with Gasteiger partial charge in [0, 0.05) is 13.1 Å². The largest absolute Gasteiger partial charge is 0.351 e. The predicted molar refractivity (Wildman–Crippen MR) is 109 cm³/mol. The molecule has 0 saturated carbocycles. The first-order chi connectivity index (χ1) is 12.7. The van der Waals surface area contributed by atoms with Crippen molar-refractivity contribution in [3.8, 4) is 0 Å². The topological polar surface area (TPSA) is 32.3 Å². The molecule has 0 aliphatic heterocycles. The van der Waals surface area contributed by atoms with Gasteiger partial charge in [0.15, 0.2) is 0 Å². The molecule has 2 rings (SSSR count). The van der Waals surface area contributed by atoms with Crippen molar-refractivity contribution in [2.75, 3.05) is 13.1 Å². The predicted octanol–water partition coefficient (Wildman–Crippen LogP) is 4.73. The number of nitrogens with zero attached hydrogens (tertiary/aromatic N) is 1. The van der Waals surface area contributed by atoms with Gasteiger partial charge >= 0.3 is 0 Å². The van der Waals surface area contributed by atoms with Crippen LogP contribution in [0.5, 0.6) is 0 Å². The average Bonchev–Trinajstić information content (AvgIpc) is 2.70. The third-order valence-electron chi connectivity index (χ3n) is 4.89. The SMILES string of the molecule is CCCC(C(=O)NCc1ccc(CN(CC)CC)cc1)c1ccccc1. The number of benzene rings is 2. The molecule has 0 spiro atoms. The number of hydrogen-bond donors (Lipinski definition) is 1. The Morgan fingerprint density at radius 3 is 2.12 bits per heavy atom. The summed E-state index contributed by atoms with van der Waals surface area (Å²) < 4.78 is 0. The van der Waals surface area contributed by atoms with Crippen LogP contribution in [0, 0.1) is 0 Å². The molecule has 0 fully saturated rings. The average molecular weight is 353 g/mol. The standard InChI is InChI=1S/C23H32N2O/c1-4-10-22(21-11-8-7-9-12-21)23(26)24-17-19-13-15-20(16-14-19)18-25(5-2)6-3/h7-9,11-16,22H,4-6,10,17-18H2,1-3H3,(H,24,26). The van der Waals surface area contributed by atoms with Crippen LogP contribution in [-0.2, 0) is 17.9 Å². The van der Waals surface area contributed by atoms with E-state index in [4.69, 9.17) is 0 Å². The van der Waals surface area contributed by atoms with E-state index in [0.29, 0.717) is 6.54 Å². The van der Waals surface area contributed by atoms with Gasteiger partial charge < -0.3 is 5.32 Å². The van der Waals surface area contributed by atoms with Crippen LogP contribution in [0.1, 0.15) is 56.2 Å². The van der Waals surface area contributed by atoms with E-state index in [0.717, 1.165) is 43.6 Å². The van der Waals surface area contributed by atoms with Gasteiger partial charge in [0.1, 0.15) is 0 Å². The molecule has 1 unspecified atom stereocenters. The molecule has 0 heterocycles. The van der Waals surface area contributed by atoms with Gasteiger partial charge in [0.05, 0.1) is 5.92 Å². The summed E-state index contributed by atoms with van der Waals surface area (Å²) in [6.07, 6.45) is 1.87. The third kappa shape index (κ3) is 5.99. The highest BCUT2D eigenvalue weighted by Crippen LogP contribution is 2.21. The van der Waals surface area contributed by atoms with Crippen LogP contribution in [0.15, 0.2) is 54.6 Å². The maximum absolute atomic E-state index is 12.7. The molecule has 0 bridgehead atoms. The third-order valence-corrected chi connectivity index (χ3v) is 4.89. The van der Waals surface area contributed by atoms with E-state index in [1.54, 1.807) is 0 Å². The minimum absolute atomic E-state index is 0.0665. The molecular weight excluding hydrogens is 320 g/mol. The van der Waals surface area contributed by atoms with Crippen LogP contribution in [-0.4, -0.2) is 23.9 Å². The van der Waals surface area contributed by atoms with Crippen molar-refractivity contribution in [1.29, 1.82) is 0 Å². The highest BCUT2D eigenvalue weighted by molar-refractivity contribution is 5.83. The molecule has 26 heavy (non-hydrogen) atoms. The number of rotatable bonds is 10. The second-order valence-corrected chi connectivity index (χ2v) is 6.75. The first kappa shape index (κ1) is 20.2. The summed E-state index contributed by atoms with van der Waals surface area (Å²) in [6, 6.07) is 18.7. The Hall–Kier alpha value is -2.13. The van der Waals surface area contributed by atoms with Crippen molar-refractivity contribution in [2.24, 2.45) is 0 Å². The zero-order valence-corrected chi connectivity index (χ0v) is 16.4. The van der Waals surface area contributed by atoms with Crippen LogP contribution >= 0.6 is 0 Å². The van der Waals surface area contributed by atoms with Crippen LogP contribution in [0.25, 0.3) is 0 Å². The fourth-order valence-corrected chi connectivity index (χ4v) is 3.20. The summed E-state index contributed by atoms with van der Waals surface area (Å²) in [6.45, 7) is 10.2. The molecule has 140 valence electrons. The zero-order chi connectivity index (χ0) is 18.8. The lowest BCUT2D eigenvalue weighted by atomic mass is 9.93. The van der Waals surface area contributed by atoms with Crippen LogP contribution < -0.4 is 5.32 Å². The van der Waals surface area contributed by atoms with Crippen molar-refractivity contribution in [3.63, 3.8) is 0 Å². The van der Waals surface area contributed by atoms with E-state index in [-0.39, 0.29) is 11.8 Å². The monoisotopic (exact) mass is 352 g/mol. The molecule has 0 radical (unpaired) electrons. The second-order valence-electron chi connectivity index (χ2n) is 6.75. The highest BCUT2D eigenvalue weighted by atomic mass is 16.1. The number of hydrogen-bond acceptors (Lipinski definition) is 2. The Kier molecular flexibility index (Phi) is 8.36. The Morgan fingerprint density at radius 2 is 1.54 bits per heavy atom. The highest BCUT2D eigenvalue weighted by Gasteiger charge is 2.19. The Bertz CT molecular complexity index is 648. The molecule has 1 N–H and O–H groups in total. The molecule has 0 aliphatic carbocycles. The van der Waals surface area contributed by atoms with E-state index >= 15 is 0 Å². The van der Waals surface area contributed by atoms with E-state index in [1.807, 2.05) is 30.3 Å². The minimum atomic E-state index is -0.0665. The van der Waals surface area contributed by atoms with Gasteiger partial charge in [-0.25, -0.2) is 0 Å². The summed E-state index contributed by atoms with van der Waals surface area (Å²) in [5, 5.41) is 3.12. The molecule has 1 atom stereocenters. The Labute approximate surface area is 158 Å². The lowest BCUT2D eigenvalue weighted by molar-refractivity contribution is -0.122. The van der Waals surface area contributed by atoms with Crippen LogP contribution in [0.3, 0.4) is 0 Å². The fourth-order valence-electron chi connectivity index (χ4n) is 3.20. The molecule has 0 saturated heterocycles. The first-order valence-corrected chi connectivity index (χ1v) is 9.80. The van der Waals surface area contributed by atoms with Gasteiger partial charge in [-0.1, -0.05) is 81.8 Å². The normalized spacial score (nSPS) is 12.2. The number of amides is 1. The Balaban J connectivity index is 1.93. The van der Waals surface area contributed by atoms with Gasteiger partial charge in [0.25, 0.3) is 0 Å². The summed E-state index contributed by atoms with van der Waals surface area (Å²) >= 11 is 0. The van der Waals surface area contributed by atoms with Gasteiger partial charge in [-0.3, -0.25) is 9.69 Å². The van der Waals surface area contributed by atoms with Crippen molar-refractivity contribution >= 4 is 5.91 Å². The van der Waals surface area contributed by atoms with Crippen LogP contribution in [0.2, 0.25) is 0 Å². The molecule has 0 aromatic heterocycles. The second kappa shape index (κ2) is 10.8. The quantitative estimate of drug-likeness (QED) is 0.670. The lowest BCUT2D eigenvalue weighted by Gasteiger charge is -2.18. The first-order valence-electron chi connectivity index (χ1n) is 9.80. The van der Waals surface area contributed by atoms with E-state index in [2.05, 4.69) is 55.3 Å². The van der Waals surface area contributed by atoms with Gasteiger partial charge in [0.2, 0.25) is 5.91 Å². The minimum Gasteiger partial charge on any atom is -0.351 e. The van der Waals surface area contributed by atoms with Gasteiger partial charge in [-0.2, -0.15) is 0 Å². The zero-order valence-electron chi connectivity index (χ0n) is 16.4. The molecule has 2 aromatic rings. The number of nitrogens with one attached hydrogen (secondary N) is 1. The lowest BCUT2D eigenvalue weighted by Crippen LogP contribution is -2.29. The Morgan fingerprint density at radius 1 is 0.923 bits per heavy atom. The van der Waals surface area contributed by atoms with Gasteiger partial charge in [-0.15, -0.1) is 0 Å².